The van der Waals surface area contributed by atoms with E-state index in [2.05, 4.69) is 5.32 Å². The fourth-order valence-corrected chi connectivity index (χ4v) is 2.44. The number of methoxy groups -OCH3 is 2. The number of rotatable bonds is 5. The minimum absolute atomic E-state index is 0.193. The molecule has 1 heterocycles. The van der Waals surface area contributed by atoms with Gasteiger partial charge >= 0.3 is 0 Å². The van der Waals surface area contributed by atoms with Crippen LogP contribution in [0, 0.1) is 0 Å². The number of benzene rings is 1. The third-order valence-corrected chi connectivity index (χ3v) is 3.87. The number of carbonyl (C=O) groups is 1. The minimum Gasteiger partial charge on any atom is -0.497 e. The molecule has 1 aromatic carbocycles. The summed E-state index contributed by atoms with van der Waals surface area (Å²) in [4.78, 5) is 12.5. The second-order valence-corrected chi connectivity index (χ2v) is 5.12. The van der Waals surface area contributed by atoms with Crippen LogP contribution in [0.2, 0.25) is 0 Å². The van der Waals surface area contributed by atoms with Crippen LogP contribution in [0.1, 0.15) is 23.2 Å². The van der Waals surface area contributed by atoms with E-state index in [0.29, 0.717) is 49.7 Å². The molecule has 0 radical (unpaired) electrons. The molecule has 1 saturated heterocycles. The highest BCUT2D eigenvalue weighted by molar-refractivity contribution is 5.97. The normalized spacial score (nSPS) is 17.1. The van der Waals surface area contributed by atoms with E-state index in [-0.39, 0.29) is 5.91 Å². The van der Waals surface area contributed by atoms with Gasteiger partial charge < -0.3 is 25.3 Å². The lowest BCUT2D eigenvalue weighted by atomic mass is 9.89. The van der Waals surface area contributed by atoms with Gasteiger partial charge in [0.25, 0.3) is 5.91 Å². The number of hydrogen-bond acceptors (Lipinski definition) is 5. The molecule has 0 aliphatic carbocycles. The van der Waals surface area contributed by atoms with Gasteiger partial charge in [0.2, 0.25) is 0 Å². The Morgan fingerprint density at radius 2 is 2.05 bits per heavy atom. The highest BCUT2D eigenvalue weighted by Crippen LogP contribution is 2.26. The summed E-state index contributed by atoms with van der Waals surface area (Å²) in [5.74, 6) is 0.927. The summed E-state index contributed by atoms with van der Waals surface area (Å²) in [6, 6.07) is 5.11. The second-order valence-electron chi connectivity index (χ2n) is 5.12. The predicted molar refractivity (Wildman–Crippen MR) is 78.9 cm³/mol. The molecule has 21 heavy (non-hydrogen) atoms. The molecule has 0 bridgehead atoms. The van der Waals surface area contributed by atoms with Crippen molar-refractivity contribution in [2.75, 3.05) is 34.0 Å². The Balaban J connectivity index is 2.19. The number of carbonyl (C=O) groups excluding carboxylic acids is 1. The summed E-state index contributed by atoms with van der Waals surface area (Å²) in [5.41, 5.74) is 5.93. The molecule has 6 nitrogen and oxygen atoms in total. The van der Waals surface area contributed by atoms with E-state index < -0.39 is 5.54 Å². The van der Waals surface area contributed by atoms with E-state index in [1.165, 1.54) is 7.11 Å². The molecule has 1 aliphatic heterocycles. The van der Waals surface area contributed by atoms with Crippen molar-refractivity contribution in [2.45, 2.75) is 18.4 Å². The van der Waals surface area contributed by atoms with Crippen LogP contribution in [-0.4, -0.2) is 45.4 Å². The van der Waals surface area contributed by atoms with Crippen LogP contribution in [0.3, 0.4) is 0 Å². The molecule has 0 saturated carbocycles. The van der Waals surface area contributed by atoms with Crippen molar-refractivity contribution in [3.63, 3.8) is 0 Å². The van der Waals surface area contributed by atoms with Crippen LogP contribution in [-0.2, 0) is 4.74 Å². The van der Waals surface area contributed by atoms with E-state index in [1.807, 2.05) is 0 Å². The van der Waals surface area contributed by atoms with Crippen molar-refractivity contribution >= 4 is 5.91 Å². The van der Waals surface area contributed by atoms with Crippen LogP contribution in [0.25, 0.3) is 0 Å². The largest absolute Gasteiger partial charge is 0.497 e. The monoisotopic (exact) mass is 294 g/mol. The maximum Gasteiger partial charge on any atom is 0.255 e. The Bertz CT molecular complexity index is 498. The quantitative estimate of drug-likeness (QED) is 0.844. The number of nitrogens with two attached hydrogens (primary N) is 1. The Morgan fingerprint density at radius 3 is 2.62 bits per heavy atom. The molecule has 0 unspecified atom stereocenters. The first-order chi connectivity index (χ1) is 10.1. The molecule has 0 aromatic heterocycles. The van der Waals surface area contributed by atoms with E-state index in [1.54, 1.807) is 25.3 Å². The van der Waals surface area contributed by atoms with Crippen LogP contribution < -0.4 is 20.5 Å². The maximum absolute atomic E-state index is 12.5. The Labute approximate surface area is 124 Å². The van der Waals surface area contributed by atoms with Crippen LogP contribution in [0.5, 0.6) is 11.5 Å². The third-order valence-electron chi connectivity index (χ3n) is 3.87. The fourth-order valence-electron chi connectivity index (χ4n) is 2.44. The average Bonchev–Trinajstić information content (AvgIpc) is 2.54. The lowest BCUT2D eigenvalue weighted by Gasteiger charge is -2.37. The van der Waals surface area contributed by atoms with Gasteiger partial charge in [-0.3, -0.25) is 4.79 Å². The molecule has 2 rings (SSSR count). The molecule has 3 N–H and O–H groups in total. The number of amides is 1. The second kappa shape index (κ2) is 6.78. The van der Waals surface area contributed by atoms with E-state index in [9.17, 15) is 4.79 Å². The topological polar surface area (TPSA) is 82.8 Å². The summed E-state index contributed by atoms with van der Waals surface area (Å²) in [5, 5.41) is 3.05. The maximum atomic E-state index is 12.5. The lowest BCUT2D eigenvalue weighted by molar-refractivity contribution is 0.0388. The van der Waals surface area contributed by atoms with Crippen molar-refractivity contribution in [2.24, 2.45) is 5.73 Å². The molecular formula is C15H22N2O4. The molecule has 1 aliphatic rings. The Kier molecular flexibility index (Phi) is 5.03. The van der Waals surface area contributed by atoms with Crippen molar-refractivity contribution in [1.29, 1.82) is 0 Å². The molecular weight excluding hydrogens is 272 g/mol. The zero-order valence-electron chi connectivity index (χ0n) is 12.5. The van der Waals surface area contributed by atoms with E-state index >= 15 is 0 Å². The summed E-state index contributed by atoms with van der Waals surface area (Å²) in [6.45, 7) is 1.61. The molecule has 6 heteroatoms. The van der Waals surface area contributed by atoms with Gasteiger partial charge in [0.05, 0.1) is 25.3 Å². The average molecular weight is 294 g/mol. The van der Waals surface area contributed by atoms with Gasteiger partial charge in [-0.05, 0) is 25.0 Å². The molecule has 1 amide bonds. The van der Waals surface area contributed by atoms with Crippen LogP contribution >= 0.6 is 0 Å². The van der Waals surface area contributed by atoms with E-state index in [0.717, 1.165) is 0 Å². The van der Waals surface area contributed by atoms with Crippen molar-refractivity contribution < 1.29 is 19.0 Å². The van der Waals surface area contributed by atoms with Crippen LogP contribution in [0.15, 0.2) is 18.2 Å². The first-order valence-corrected chi connectivity index (χ1v) is 6.96. The summed E-state index contributed by atoms with van der Waals surface area (Å²) >= 11 is 0. The van der Waals surface area contributed by atoms with Crippen LogP contribution in [0.4, 0.5) is 0 Å². The molecule has 0 spiro atoms. The van der Waals surface area contributed by atoms with Gasteiger partial charge in [0.15, 0.2) is 0 Å². The third kappa shape index (κ3) is 3.46. The van der Waals surface area contributed by atoms with Gasteiger partial charge in [-0.1, -0.05) is 0 Å². The van der Waals surface area contributed by atoms with Crippen molar-refractivity contribution in [1.82, 2.24) is 5.32 Å². The zero-order valence-corrected chi connectivity index (χ0v) is 12.5. The Morgan fingerprint density at radius 1 is 1.33 bits per heavy atom. The highest BCUT2D eigenvalue weighted by atomic mass is 16.5. The molecule has 116 valence electrons. The van der Waals surface area contributed by atoms with Gasteiger partial charge in [0.1, 0.15) is 11.5 Å². The van der Waals surface area contributed by atoms with Gasteiger partial charge in [-0.15, -0.1) is 0 Å². The van der Waals surface area contributed by atoms with Gasteiger partial charge in [0, 0.05) is 25.8 Å². The van der Waals surface area contributed by atoms with Crippen molar-refractivity contribution in [3.8, 4) is 11.5 Å². The first-order valence-electron chi connectivity index (χ1n) is 6.96. The van der Waals surface area contributed by atoms with E-state index in [4.69, 9.17) is 19.9 Å². The summed E-state index contributed by atoms with van der Waals surface area (Å²) in [6.07, 6.45) is 1.43. The number of ether oxygens (including phenoxy) is 3. The van der Waals surface area contributed by atoms with Crippen molar-refractivity contribution in [3.05, 3.63) is 23.8 Å². The Hall–Kier alpha value is -1.79. The SMILES string of the molecule is COc1ccc(C(=O)NC2(CN)CCOCC2)c(OC)c1. The molecule has 0 atom stereocenters. The molecule has 1 fully saturated rings. The van der Waals surface area contributed by atoms with Gasteiger partial charge in [-0.2, -0.15) is 0 Å². The molecule has 1 aromatic rings. The zero-order chi connectivity index (χ0) is 15.3. The standard InChI is InChI=1S/C15H22N2O4/c1-19-11-3-4-12(13(9-11)20-2)14(18)17-15(10-16)5-7-21-8-6-15/h3-4,9H,5-8,10,16H2,1-2H3,(H,17,18). The summed E-state index contributed by atoms with van der Waals surface area (Å²) < 4.78 is 15.7. The van der Waals surface area contributed by atoms with Gasteiger partial charge in [-0.25, -0.2) is 0 Å². The highest BCUT2D eigenvalue weighted by Gasteiger charge is 2.33. The number of nitrogens with one attached hydrogen (secondary N) is 1. The smallest absolute Gasteiger partial charge is 0.255 e. The first kappa shape index (κ1) is 15.6. The predicted octanol–water partition coefficient (Wildman–Crippen LogP) is 0.941. The minimum atomic E-state index is -0.403. The fraction of sp³-hybridized carbons (Fsp3) is 0.533. The lowest BCUT2D eigenvalue weighted by Crippen LogP contribution is -2.56. The number of hydrogen-bond donors (Lipinski definition) is 2. The summed E-state index contributed by atoms with van der Waals surface area (Å²) in [7, 11) is 3.10.